The van der Waals surface area contributed by atoms with E-state index in [4.69, 9.17) is 4.42 Å². The fourth-order valence-electron chi connectivity index (χ4n) is 7.61. The van der Waals surface area contributed by atoms with Crippen LogP contribution in [0.25, 0.3) is 71.7 Å². The van der Waals surface area contributed by atoms with Gasteiger partial charge in [0.05, 0.1) is 16.7 Å². The number of rotatable bonds is 6. The Hall–Kier alpha value is -6.84. The van der Waals surface area contributed by atoms with E-state index in [1.165, 1.54) is 33.0 Å². The molecular formula is C48H32N2O. The zero-order valence-corrected chi connectivity index (χ0v) is 27.8. The second-order valence-corrected chi connectivity index (χ2v) is 13.0. The van der Waals surface area contributed by atoms with Crippen LogP contribution in [0.4, 0.5) is 17.1 Å². The minimum atomic E-state index is 0.894. The molecule has 0 saturated heterocycles. The minimum absolute atomic E-state index is 0.894. The van der Waals surface area contributed by atoms with E-state index < -0.39 is 0 Å². The standard InChI is InChI=1S/C48H32N2O/c1-3-12-33(13-4-1)35-22-26-37(27-23-35)49(38-28-24-36(25-29-38)34-14-5-2-6-15-34)44-19-11-20-45-48(44)41-17-7-9-18-43(41)50(45)39-30-31-47-42(32-39)40-16-8-10-21-46(40)51-47/h1-32H. The Morgan fingerprint density at radius 3 is 1.57 bits per heavy atom. The van der Waals surface area contributed by atoms with Crippen LogP contribution in [0.1, 0.15) is 0 Å². The number of hydrogen-bond donors (Lipinski definition) is 0. The van der Waals surface area contributed by atoms with Crippen LogP contribution in [0, 0.1) is 0 Å². The molecule has 0 spiro atoms. The van der Waals surface area contributed by atoms with Gasteiger partial charge in [-0.05, 0) is 89.0 Å². The molecule has 51 heavy (non-hydrogen) atoms. The van der Waals surface area contributed by atoms with Crippen LogP contribution in [0.15, 0.2) is 199 Å². The third-order valence-corrected chi connectivity index (χ3v) is 10.0. The number of benzene rings is 8. The summed E-state index contributed by atoms with van der Waals surface area (Å²) < 4.78 is 8.60. The highest BCUT2D eigenvalue weighted by molar-refractivity contribution is 6.17. The van der Waals surface area contributed by atoms with Gasteiger partial charge in [-0.2, -0.15) is 0 Å². The third-order valence-electron chi connectivity index (χ3n) is 10.0. The fourth-order valence-corrected chi connectivity index (χ4v) is 7.61. The van der Waals surface area contributed by atoms with Crippen LogP contribution >= 0.6 is 0 Å². The molecule has 2 heterocycles. The van der Waals surface area contributed by atoms with E-state index in [0.29, 0.717) is 0 Å². The molecule has 240 valence electrons. The van der Waals surface area contributed by atoms with Crippen LogP contribution in [0.2, 0.25) is 0 Å². The summed E-state index contributed by atoms with van der Waals surface area (Å²) in [4.78, 5) is 2.40. The zero-order valence-electron chi connectivity index (χ0n) is 27.8. The van der Waals surface area contributed by atoms with E-state index >= 15 is 0 Å². The number of fused-ring (bicyclic) bond motifs is 6. The molecule has 8 aromatic carbocycles. The van der Waals surface area contributed by atoms with Gasteiger partial charge in [-0.25, -0.2) is 0 Å². The van der Waals surface area contributed by atoms with Gasteiger partial charge < -0.3 is 13.9 Å². The molecule has 0 fully saturated rings. The number of furan rings is 1. The van der Waals surface area contributed by atoms with Crippen molar-refractivity contribution in [3.05, 3.63) is 194 Å². The highest BCUT2D eigenvalue weighted by atomic mass is 16.3. The quantitative estimate of drug-likeness (QED) is 0.178. The second-order valence-electron chi connectivity index (χ2n) is 13.0. The number of hydrogen-bond acceptors (Lipinski definition) is 2. The van der Waals surface area contributed by atoms with Gasteiger partial charge in [-0.3, -0.25) is 0 Å². The van der Waals surface area contributed by atoms with Crippen molar-refractivity contribution < 1.29 is 4.42 Å². The summed E-state index contributed by atoms with van der Waals surface area (Å²) in [6.45, 7) is 0. The molecule has 0 radical (unpaired) electrons. The van der Waals surface area contributed by atoms with E-state index in [0.717, 1.165) is 55.7 Å². The van der Waals surface area contributed by atoms with E-state index in [9.17, 15) is 0 Å². The van der Waals surface area contributed by atoms with Crippen molar-refractivity contribution in [1.82, 2.24) is 4.57 Å². The lowest BCUT2D eigenvalue weighted by molar-refractivity contribution is 0.669. The normalized spacial score (nSPS) is 11.5. The Bertz CT molecular complexity index is 2750. The average molecular weight is 653 g/mol. The van der Waals surface area contributed by atoms with Crippen molar-refractivity contribution in [1.29, 1.82) is 0 Å². The summed E-state index contributed by atoms with van der Waals surface area (Å²) in [6, 6.07) is 69.2. The first-order valence-corrected chi connectivity index (χ1v) is 17.4. The lowest BCUT2D eigenvalue weighted by Crippen LogP contribution is -2.10. The summed E-state index contributed by atoms with van der Waals surface area (Å²) in [7, 11) is 0. The van der Waals surface area contributed by atoms with Gasteiger partial charge in [0.25, 0.3) is 0 Å². The first-order valence-electron chi connectivity index (χ1n) is 17.4. The molecule has 10 aromatic rings. The summed E-state index contributed by atoms with van der Waals surface area (Å²) >= 11 is 0. The monoisotopic (exact) mass is 652 g/mol. The summed E-state index contributed by atoms with van der Waals surface area (Å²) in [5, 5.41) is 4.64. The predicted molar refractivity (Wildman–Crippen MR) is 214 cm³/mol. The molecule has 0 aliphatic rings. The molecule has 3 nitrogen and oxygen atoms in total. The SMILES string of the molecule is c1ccc(-c2ccc(N(c3ccc(-c4ccccc4)cc3)c3cccc4c3c3ccccc3n4-c3ccc4oc5ccccc5c4c3)cc2)cc1. The Morgan fingerprint density at radius 1 is 0.373 bits per heavy atom. The molecule has 0 atom stereocenters. The van der Waals surface area contributed by atoms with Crippen molar-refractivity contribution in [2.24, 2.45) is 0 Å². The molecule has 0 saturated carbocycles. The summed E-state index contributed by atoms with van der Waals surface area (Å²) in [5.41, 5.74) is 13.3. The highest BCUT2D eigenvalue weighted by Crippen LogP contribution is 2.45. The van der Waals surface area contributed by atoms with Crippen molar-refractivity contribution in [2.75, 3.05) is 4.90 Å². The van der Waals surface area contributed by atoms with Gasteiger partial charge in [0, 0.05) is 38.6 Å². The summed E-state index contributed by atoms with van der Waals surface area (Å²) in [5.74, 6) is 0. The zero-order chi connectivity index (χ0) is 33.7. The van der Waals surface area contributed by atoms with E-state index in [1.54, 1.807) is 0 Å². The fraction of sp³-hybridized carbons (Fsp3) is 0. The number of para-hydroxylation sites is 2. The maximum Gasteiger partial charge on any atom is 0.135 e. The van der Waals surface area contributed by atoms with Gasteiger partial charge in [0.15, 0.2) is 0 Å². The van der Waals surface area contributed by atoms with Crippen molar-refractivity contribution >= 4 is 60.8 Å². The van der Waals surface area contributed by atoms with Crippen molar-refractivity contribution in [3.63, 3.8) is 0 Å². The van der Waals surface area contributed by atoms with Crippen molar-refractivity contribution in [3.8, 4) is 27.9 Å². The van der Waals surface area contributed by atoms with Gasteiger partial charge in [0.1, 0.15) is 11.2 Å². The number of aromatic nitrogens is 1. The van der Waals surface area contributed by atoms with Gasteiger partial charge in [-0.1, -0.05) is 127 Å². The predicted octanol–water partition coefficient (Wildman–Crippen LogP) is 13.5. The molecular weight excluding hydrogens is 621 g/mol. The van der Waals surface area contributed by atoms with E-state index in [2.05, 4.69) is 191 Å². The molecule has 0 bridgehead atoms. The second kappa shape index (κ2) is 11.9. The molecule has 10 rings (SSSR count). The van der Waals surface area contributed by atoms with Crippen molar-refractivity contribution in [2.45, 2.75) is 0 Å². The Kier molecular flexibility index (Phi) is 6.81. The first-order chi connectivity index (χ1) is 25.3. The topological polar surface area (TPSA) is 21.3 Å². The third kappa shape index (κ3) is 4.90. The Balaban J connectivity index is 1.19. The van der Waals surface area contributed by atoms with Crippen LogP contribution in [-0.2, 0) is 0 Å². The molecule has 0 amide bonds. The molecule has 0 aliphatic carbocycles. The van der Waals surface area contributed by atoms with Crippen LogP contribution in [0.3, 0.4) is 0 Å². The lowest BCUT2D eigenvalue weighted by atomic mass is 10.0. The van der Waals surface area contributed by atoms with E-state index in [-0.39, 0.29) is 0 Å². The maximum atomic E-state index is 6.21. The van der Waals surface area contributed by atoms with Crippen LogP contribution in [0.5, 0.6) is 0 Å². The van der Waals surface area contributed by atoms with Gasteiger partial charge in [-0.15, -0.1) is 0 Å². The number of nitrogens with zero attached hydrogens (tertiary/aromatic N) is 2. The lowest BCUT2D eigenvalue weighted by Gasteiger charge is -2.27. The smallest absolute Gasteiger partial charge is 0.135 e. The molecule has 0 N–H and O–H groups in total. The van der Waals surface area contributed by atoms with Crippen LogP contribution in [-0.4, -0.2) is 4.57 Å². The van der Waals surface area contributed by atoms with Gasteiger partial charge in [0.2, 0.25) is 0 Å². The largest absolute Gasteiger partial charge is 0.456 e. The molecule has 2 aromatic heterocycles. The maximum absolute atomic E-state index is 6.21. The summed E-state index contributed by atoms with van der Waals surface area (Å²) in [6.07, 6.45) is 0. The Morgan fingerprint density at radius 2 is 0.902 bits per heavy atom. The molecule has 3 heteroatoms. The first kappa shape index (κ1) is 29.1. The number of anilines is 3. The molecule has 0 unspecified atom stereocenters. The molecule has 0 aliphatic heterocycles. The average Bonchev–Trinajstić information content (AvgIpc) is 3.75. The highest BCUT2D eigenvalue weighted by Gasteiger charge is 2.21. The Labute approximate surface area is 295 Å². The minimum Gasteiger partial charge on any atom is -0.456 e. The van der Waals surface area contributed by atoms with Crippen LogP contribution < -0.4 is 4.90 Å². The van der Waals surface area contributed by atoms with E-state index in [1.807, 2.05) is 12.1 Å². The van der Waals surface area contributed by atoms with Gasteiger partial charge >= 0.3 is 0 Å².